The molecule has 0 atom stereocenters. The van der Waals surface area contributed by atoms with Crippen LogP contribution in [0.3, 0.4) is 0 Å². The van der Waals surface area contributed by atoms with Crippen molar-refractivity contribution in [2.45, 2.75) is 318 Å². The van der Waals surface area contributed by atoms with Gasteiger partial charge in [0.15, 0.2) is 0 Å². The maximum atomic E-state index is 13.2. The molecule has 16 heteroatoms. The van der Waals surface area contributed by atoms with Crippen LogP contribution in [-0.4, -0.2) is 157 Å². The maximum Gasteiger partial charge on any atom is 0.306 e. The molecule has 0 aromatic rings. The molecule has 93 heavy (non-hydrogen) atoms. The summed E-state index contributed by atoms with van der Waals surface area (Å²) in [4.78, 5) is 84.5. The van der Waals surface area contributed by atoms with E-state index in [4.69, 9.17) is 18.9 Å². The first kappa shape index (κ1) is 91.5. The van der Waals surface area contributed by atoms with Gasteiger partial charge in [-0.2, -0.15) is 0 Å². The molecule has 2 amide bonds. The zero-order valence-corrected chi connectivity index (χ0v) is 63.2. The molecule has 0 radical (unpaired) electrons. The van der Waals surface area contributed by atoms with Gasteiger partial charge in [0.25, 0.3) is 10.5 Å². The van der Waals surface area contributed by atoms with Crippen molar-refractivity contribution in [3.8, 4) is 0 Å². The Bertz CT molecular complexity index is 1850. The number of thioether (sulfide) groups is 2. The van der Waals surface area contributed by atoms with Crippen molar-refractivity contribution in [2.75, 3.05) is 91.2 Å². The zero-order chi connectivity index (χ0) is 68.9. The number of esters is 4. The Morgan fingerprint density at radius 2 is 0.688 bits per heavy atom. The number of allylic oxidation sites excluding steroid dienone is 6. The van der Waals surface area contributed by atoms with Gasteiger partial charge in [0.05, 0.1) is 0 Å². The van der Waals surface area contributed by atoms with E-state index >= 15 is 0 Å². The number of amides is 2. The molecule has 0 bridgehead atoms. The number of ether oxygens (including phenoxy) is 4. The molecule has 0 fully saturated rings. The Morgan fingerprint density at radius 1 is 0.333 bits per heavy atom. The van der Waals surface area contributed by atoms with E-state index in [1.54, 1.807) is 4.90 Å². The Morgan fingerprint density at radius 3 is 1.08 bits per heavy atom. The third-order valence-corrected chi connectivity index (χ3v) is 18.0. The summed E-state index contributed by atoms with van der Waals surface area (Å²) < 4.78 is 22.6. The molecule has 0 N–H and O–H groups in total. The van der Waals surface area contributed by atoms with Crippen molar-refractivity contribution in [1.82, 2.24) is 19.6 Å². The second kappa shape index (κ2) is 71.2. The van der Waals surface area contributed by atoms with Crippen LogP contribution in [-0.2, 0) is 38.1 Å². The lowest BCUT2D eigenvalue weighted by Crippen LogP contribution is -2.31. The van der Waals surface area contributed by atoms with Crippen molar-refractivity contribution in [3.63, 3.8) is 0 Å². The first-order valence-electron chi connectivity index (χ1n) is 37.8. The van der Waals surface area contributed by atoms with Gasteiger partial charge in [-0.3, -0.25) is 28.8 Å². The molecule has 0 aliphatic heterocycles. The van der Waals surface area contributed by atoms with Crippen LogP contribution in [0.5, 0.6) is 0 Å². The molecule has 542 valence electrons. The van der Waals surface area contributed by atoms with E-state index in [1.165, 1.54) is 126 Å². The summed E-state index contributed by atoms with van der Waals surface area (Å²) in [5, 5.41) is 0.0134. The van der Waals surface area contributed by atoms with E-state index in [1.807, 2.05) is 36.0 Å². The second-order valence-corrected chi connectivity index (χ2v) is 27.2. The zero-order valence-electron chi connectivity index (χ0n) is 61.5. The van der Waals surface area contributed by atoms with E-state index in [9.17, 15) is 28.8 Å². The SMILES string of the molecule is CCC/C=C/CCC(CC/C=C/CCC)OC(=O)CCCN(CCCC(=O)OC/C=C\CCCCCC)C(=O)SCCN(C)C.CCCCCC/C=C\COC(=O)CCCN(CCCC(=O)OC(CCCCCCC)CCCCCCC)C(=O)SCCCN(CC)CC. The molecule has 0 aromatic heterocycles. The van der Waals surface area contributed by atoms with Gasteiger partial charge >= 0.3 is 23.9 Å². The fraction of sp³-hybridized carbons (Fsp3) is 0.818. The molecule has 0 aliphatic carbocycles. The van der Waals surface area contributed by atoms with Gasteiger partial charge in [-0.15, -0.1) is 0 Å². The van der Waals surface area contributed by atoms with Crippen LogP contribution in [0, 0.1) is 0 Å². The van der Waals surface area contributed by atoms with Crippen LogP contribution in [0.2, 0.25) is 0 Å². The Labute approximate surface area is 579 Å². The van der Waals surface area contributed by atoms with Gasteiger partial charge in [0.2, 0.25) is 0 Å². The van der Waals surface area contributed by atoms with E-state index < -0.39 is 0 Å². The summed E-state index contributed by atoms with van der Waals surface area (Å²) in [7, 11) is 3.97. The molecule has 0 saturated carbocycles. The average Bonchev–Trinajstić information content (AvgIpc) is 3.18. The molecule has 0 spiro atoms. The molecular weight excluding hydrogens is 1200 g/mol. The number of nitrogens with zero attached hydrogens (tertiary/aromatic N) is 4. The molecule has 0 aromatic carbocycles. The van der Waals surface area contributed by atoms with Crippen LogP contribution >= 0.6 is 23.5 Å². The summed E-state index contributed by atoms with van der Waals surface area (Å²) in [6.07, 6.45) is 54.7. The summed E-state index contributed by atoms with van der Waals surface area (Å²) >= 11 is 2.64. The third-order valence-electron chi connectivity index (χ3n) is 16.1. The predicted octanol–water partition coefficient (Wildman–Crippen LogP) is 20.7. The molecule has 0 unspecified atom stereocenters. The monoisotopic (exact) mass is 1350 g/mol. The van der Waals surface area contributed by atoms with E-state index in [-0.39, 0.29) is 65.8 Å². The average molecular weight is 1350 g/mol. The van der Waals surface area contributed by atoms with Gasteiger partial charge in [0, 0.05) is 69.9 Å². The highest BCUT2D eigenvalue weighted by Gasteiger charge is 2.21. The van der Waals surface area contributed by atoms with Crippen molar-refractivity contribution in [3.05, 3.63) is 48.6 Å². The lowest BCUT2D eigenvalue weighted by Gasteiger charge is -2.23. The predicted molar refractivity (Wildman–Crippen MR) is 398 cm³/mol. The van der Waals surface area contributed by atoms with Crippen molar-refractivity contribution in [1.29, 1.82) is 0 Å². The van der Waals surface area contributed by atoms with Crippen LogP contribution in [0.25, 0.3) is 0 Å². The van der Waals surface area contributed by atoms with Gasteiger partial charge < -0.3 is 38.5 Å². The molecule has 0 heterocycles. The minimum Gasteiger partial charge on any atom is -0.462 e. The first-order valence-corrected chi connectivity index (χ1v) is 39.7. The summed E-state index contributed by atoms with van der Waals surface area (Å²) in [6, 6.07) is 0. The summed E-state index contributed by atoms with van der Waals surface area (Å²) in [5.41, 5.74) is 0. The molecular formula is C77H142N4O10S2. The molecule has 14 nitrogen and oxygen atoms in total. The van der Waals surface area contributed by atoms with E-state index in [0.717, 1.165) is 128 Å². The molecule has 0 aliphatic rings. The van der Waals surface area contributed by atoms with E-state index in [0.29, 0.717) is 77.2 Å². The van der Waals surface area contributed by atoms with Gasteiger partial charge in [-0.1, -0.05) is 230 Å². The quantitative estimate of drug-likeness (QED) is 0.0246. The Balaban J connectivity index is 0. The fourth-order valence-corrected chi connectivity index (χ4v) is 12.1. The first-order chi connectivity index (χ1) is 45.2. The van der Waals surface area contributed by atoms with Gasteiger partial charge in [-0.05, 0) is 156 Å². The Hall–Kier alpha value is -3.60. The van der Waals surface area contributed by atoms with Crippen LogP contribution in [0.4, 0.5) is 9.59 Å². The highest BCUT2D eigenvalue weighted by molar-refractivity contribution is 8.13. The van der Waals surface area contributed by atoms with E-state index in [2.05, 4.69) is 96.7 Å². The third kappa shape index (κ3) is 64.2. The fourth-order valence-electron chi connectivity index (χ4n) is 10.2. The topological polar surface area (TPSA) is 152 Å². The van der Waals surface area contributed by atoms with Crippen LogP contribution in [0.1, 0.15) is 306 Å². The van der Waals surface area contributed by atoms with Gasteiger partial charge in [-0.25, -0.2) is 0 Å². The normalized spacial score (nSPS) is 11.7. The highest BCUT2D eigenvalue weighted by Crippen LogP contribution is 2.20. The van der Waals surface area contributed by atoms with Crippen LogP contribution in [0.15, 0.2) is 48.6 Å². The largest absolute Gasteiger partial charge is 0.462 e. The van der Waals surface area contributed by atoms with Crippen molar-refractivity contribution in [2.24, 2.45) is 0 Å². The number of carbonyl (C=O) groups is 6. The smallest absolute Gasteiger partial charge is 0.306 e. The number of hydrogen-bond donors (Lipinski definition) is 0. The highest BCUT2D eigenvalue weighted by atomic mass is 32.2. The van der Waals surface area contributed by atoms with Crippen molar-refractivity contribution < 1.29 is 47.7 Å². The number of carbonyl (C=O) groups excluding carboxylic acids is 6. The number of rotatable bonds is 63. The minimum absolute atomic E-state index is 0.00164. The standard InChI is InChI=1S/C40H76N2O5S.C37H66N2O5S/c1-6-11-14-17-18-21-24-35-46-38(43)30-25-33-42(40(45)48-36-27-32-41(9-4)10-5)34-26-31-39(44)47-37(28-22-19-15-12-7-2)29-23-20-16-13-8-3;1-6-9-12-15-16-19-22-32-43-35(40)27-23-29-39(37(42)45-33-31-38(4)5)30-24-28-36(41)44-34(25-20-17-13-10-7-2)26-21-18-14-11-8-3/h21,24,37H,6-20,22-23,25-36H2,1-5H3;13-14,17-19,22,34H,6-12,15-16,20-21,23-33H2,1-5H3/b24-21-;17-13+,18-14+,22-19-. The summed E-state index contributed by atoms with van der Waals surface area (Å²) in [6.45, 7) is 23.8. The Kier molecular flexibility index (Phi) is 70.0. The van der Waals surface area contributed by atoms with Crippen molar-refractivity contribution >= 4 is 57.9 Å². The summed E-state index contributed by atoms with van der Waals surface area (Å²) in [5.74, 6) is 0.621. The number of hydrogen-bond acceptors (Lipinski definition) is 14. The maximum absolute atomic E-state index is 13.2. The minimum atomic E-state index is -0.248. The lowest BCUT2D eigenvalue weighted by atomic mass is 10.0. The second-order valence-electron chi connectivity index (χ2n) is 25.1. The van der Waals surface area contributed by atoms with Crippen LogP contribution < -0.4 is 0 Å². The van der Waals surface area contributed by atoms with Gasteiger partial charge in [0.1, 0.15) is 25.4 Å². The molecule has 0 rings (SSSR count). The lowest BCUT2D eigenvalue weighted by molar-refractivity contribution is -0.150. The molecule has 0 saturated heterocycles. The number of unbranched alkanes of at least 4 members (excludes halogenated alkanes) is 18.